The molecule has 0 spiro atoms. The highest BCUT2D eigenvalue weighted by Gasteiger charge is 2.57. The number of rotatable bonds is 6. The van der Waals surface area contributed by atoms with Crippen molar-refractivity contribution in [1.29, 1.82) is 0 Å². The average molecular weight is 415 g/mol. The van der Waals surface area contributed by atoms with Crippen molar-refractivity contribution in [3.63, 3.8) is 0 Å². The summed E-state index contributed by atoms with van der Waals surface area (Å²) in [5, 5.41) is 0. The number of hydrogen-bond donors (Lipinski definition) is 0. The fourth-order valence-electron chi connectivity index (χ4n) is 7.54. The van der Waals surface area contributed by atoms with Gasteiger partial charge in [-0.2, -0.15) is 0 Å². The van der Waals surface area contributed by atoms with Gasteiger partial charge < -0.3 is 4.74 Å². The fourth-order valence-corrected chi connectivity index (χ4v) is 7.54. The average Bonchev–Trinajstić information content (AvgIpc) is 3.46. The van der Waals surface area contributed by atoms with Crippen molar-refractivity contribution in [2.45, 2.75) is 56.5 Å². The number of Topliss-reactive ketones (excluding diaryl/α,β-unsaturated/α-hetero) is 1. The summed E-state index contributed by atoms with van der Waals surface area (Å²) in [5.41, 5.74) is 1.69. The maximum absolute atomic E-state index is 13.2. The quantitative estimate of drug-likeness (QED) is 0.443. The van der Waals surface area contributed by atoms with E-state index in [9.17, 15) is 9.59 Å². The fraction of sp³-hybridized carbons (Fsp3) is 0.500. The van der Waals surface area contributed by atoms with Crippen LogP contribution in [0.25, 0.3) is 0 Å². The van der Waals surface area contributed by atoms with E-state index < -0.39 is 0 Å². The van der Waals surface area contributed by atoms with Gasteiger partial charge in [0.25, 0.3) is 0 Å². The van der Waals surface area contributed by atoms with Crippen molar-refractivity contribution in [2.75, 3.05) is 0 Å². The van der Waals surface area contributed by atoms with E-state index in [0.717, 1.165) is 48.1 Å². The topological polar surface area (TPSA) is 43.4 Å². The maximum Gasteiger partial charge on any atom is 0.306 e. The Balaban J connectivity index is 1.19. The molecule has 0 amide bonds. The second kappa shape index (κ2) is 7.32. The van der Waals surface area contributed by atoms with Crippen LogP contribution < -0.4 is 0 Å². The van der Waals surface area contributed by atoms with Crippen LogP contribution in [0.15, 0.2) is 60.7 Å². The third kappa shape index (κ3) is 3.52. The van der Waals surface area contributed by atoms with Gasteiger partial charge in [-0.3, -0.25) is 9.59 Å². The van der Waals surface area contributed by atoms with Crippen LogP contribution >= 0.6 is 0 Å². The Hall–Kier alpha value is -2.42. The Bertz CT molecular complexity index is 945. The van der Waals surface area contributed by atoms with Gasteiger partial charge in [0.1, 0.15) is 5.60 Å². The Labute approximate surface area is 184 Å². The van der Waals surface area contributed by atoms with Crippen LogP contribution in [0.1, 0.15) is 66.8 Å². The number of ether oxygens (including phenoxy) is 1. The van der Waals surface area contributed by atoms with E-state index in [2.05, 4.69) is 12.1 Å². The van der Waals surface area contributed by atoms with Crippen LogP contribution in [-0.4, -0.2) is 17.4 Å². The van der Waals surface area contributed by atoms with Crippen molar-refractivity contribution < 1.29 is 14.3 Å². The van der Waals surface area contributed by atoms with E-state index in [0.29, 0.717) is 6.42 Å². The number of hydrogen-bond acceptors (Lipinski definition) is 3. The van der Waals surface area contributed by atoms with Crippen molar-refractivity contribution >= 4 is 11.8 Å². The number of benzene rings is 2. The molecule has 3 heteroatoms. The Kier molecular flexibility index (Phi) is 4.55. The van der Waals surface area contributed by atoms with Gasteiger partial charge in [-0.05, 0) is 73.7 Å². The summed E-state index contributed by atoms with van der Waals surface area (Å²) in [4.78, 5) is 26.4. The second-order valence-corrected chi connectivity index (χ2v) is 10.6. The molecule has 0 radical (unpaired) electrons. The molecule has 0 unspecified atom stereocenters. The smallest absolute Gasteiger partial charge is 0.306 e. The molecule has 5 aliphatic carbocycles. The lowest BCUT2D eigenvalue weighted by Crippen LogP contribution is -2.52. The standard InChI is InChI=1S/C28H30O3/c29-24(31-28-15-18-11-19(16-28)13-20(12-18)17-28)14-23-25(21-7-3-1-4-8-21)26(23)27(30)22-9-5-2-6-10-22/h1-10,18-20,23,25-26H,11-17H2/t18?,19?,20?,23-,25+,26+,28?/m0/s1. The molecule has 0 N–H and O–H groups in total. The van der Waals surface area contributed by atoms with Crippen LogP contribution in [0.3, 0.4) is 0 Å². The lowest BCUT2D eigenvalue weighted by molar-refractivity contribution is -0.187. The van der Waals surface area contributed by atoms with Crippen molar-refractivity contribution in [1.82, 2.24) is 0 Å². The zero-order valence-corrected chi connectivity index (χ0v) is 17.9. The predicted molar refractivity (Wildman–Crippen MR) is 119 cm³/mol. The van der Waals surface area contributed by atoms with Crippen molar-refractivity contribution in [3.8, 4) is 0 Å². The van der Waals surface area contributed by atoms with Crippen LogP contribution in [0.4, 0.5) is 0 Å². The highest BCUT2D eigenvalue weighted by Crippen LogP contribution is 2.59. The van der Waals surface area contributed by atoms with Gasteiger partial charge in [0.15, 0.2) is 5.78 Å². The molecule has 160 valence electrons. The van der Waals surface area contributed by atoms with Gasteiger partial charge in [0.2, 0.25) is 0 Å². The minimum atomic E-state index is -0.206. The molecule has 3 nitrogen and oxygen atoms in total. The number of carbonyl (C=O) groups is 2. The monoisotopic (exact) mass is 414 g/mol. The predicted octanol–water partition coefficient (Wildman–Crippen LogP) is 5.80. The van der Waals surface area contributed by atoms with Gasteiger partial charge in [-0.25, -0.2) is 0 Å². The zero-order valence-electron chi connectivity index (χ0n) is 17.9. The van der Waals surface area contributed by atoms with Gasteiger partial charge >= 0.3 is 5.97 Å². The molecule has 3 atom stereocenters. The lowest BCUT2D eigenvalue weighted by atomic mass is 9.54. The van der Waals surface area contributed by atoms with Crippen LogP contribution in [0.5, 0.6) is 0 Å². The molecule has 0 aromatic heterocycles. The highest BCUT2D eigenvalue weighted by molar-refractivity contribution is 6.01. The van der Waals surface area contributed by atoms with Crippen molar-refractivity contribution in [3.05, 3.63) is 71.8 Å². The molecule has 0 aliphatic heterocycles. The molecular weight excluding hydrogens is 384 g/mol. The summed E-state index contributed by atoms with van der Waals surface area (Å²) in [6.45, 7) is 0. The molecule has 7 rings (SSSR count). The first-order valence-corrected chi connectivity index (χ1v) is 12.0. The van der Waals surface area contributed by atoms with Crippen LogP contribution in [0, 0.1) is 29.6 Å². The van der Waals surface area contributed by atoms with Gasteiger partial charge in [0, 0.05) is 17.9 Å². The van der Waals surface area contributed by atoms with E-state index in [-0.39, 0.29) is 35.1 Å². The molecular formula is C28H30O3. The first-order chi connectivity index (χ1) is 15.1. The summed E-state index contributed by atoms with van der Waals surface area (Å²) < 4.78 is 6.27. The minimum Gasteiger partial charge on any atom is -0.459 e. The van der Waals surface area contributed by atoms with E-state index in [1.165, 1.54) is 19.3 Å². The Morgan fingerprint density at radius 3 is 1.94 bits per heavy atom. The zero-order chi connectivity index (χ0) is 21.0. The van der Waals surface area contributed by atoms with Gasteiger partial charge in [-0.1, -0.05) is 60.7 Å². The van der Waals surface area contributed by atoms with Crippen LogP contribution in [-0.2, 0) is 9.53 Å². The SMILES string of the molecule is O=C(C[C@@H]1[C@@H](C(=O)c2ccccc2)[C@@H]1c1ccccc1)OC12CC3CC(CC(C3)C1)C2. The molecule has 5 aliphatic rings. The molecule has 5 fully saturated rings. The molecule has 2 aromatic rings. The number of esters is 1. The van der Waals surface area contributed by atoms with Crippen LogP contribution in [0.2, 0.25) is 0 Å². The Morgan fingerprint density at radius 2 is 1.35 bits per heavy atom. The van der Waals surface area contributed by atoms with E-state index in [4.69, 9.17) is 4.74 Å². The molecule has 4 bridgehead atoms. The van der Waals surface area contributed by atoms with Crippen molar-refractivity contribution in [2.24, 2.45) is 29.6 Å². The maximum atomic E-state index is 13.2. The van der Waals surface area contributed by atoms with E-state index in [1.807, 2.05) is 48.5 Å². The summed E-state index contributed by atoms with van der Waals surface area (Å²) in [6.07, 6.45) is 7.54. The first kappa shape index (κ1) is 19.3. The third-order valence-corrected chi connectivity index (χ3v) is 8.43. The molecule has 0 saturated heterocycles. The van der Waals surface area contributed by atoms with Gasteiger partial charge in [-0.15, -0.1) is 0 Å². The summed E-state index contributed by atoms with van der Waals surface area (Å²) >= 11 is 0. The molecule has 0 heterocycles. The summed E-state index contributed by atoms with van der Waals surface area (Å²) in [5.74, 6) is 2.35. The molecule has 5 saturated carbocycles. The van der Waals surface area contributed by atoms with Gasteiger partial charge in [0.05, 0.1) is 0 Å². The first-order valence-electron chi connectivity index (χ1n) is 12.0. The summed E-state index contributed by atoms with van der Waals surface area (Å²) in [6, 6.07) is 19.7. The summed E-state index contributed by atoms with van der Waals surface area (Å²) in [7, 11) is 0. The van der Waals surface area contributed by atoms with E-state index >= 15 is 0 Å². The highest BCUT2D eigenvalue weighted by atomic mass is 16.6. The molecule has 31 heavy (non-hydrogen) atoms. The van der Waals surface area contributed by atoms with E-state index in [1.54, 1.807) is 0 Å². The Morgan fingerprint density at radius 1 is 0.806 bits per heavy atom. The molecule has 2 aromatic carbocycles. The normalized spacial score (nSPS) is 37.4. The second-order valence-electron chi connectivity index (χ2n) is 10.6. The number of carbonyl (C=O) groups excluding carboxylic acids is 2. The number of ketones is 1. The largest absolute Gasteiger partial charge is 0.459 e. The minimum absolute atomic E-state index is 0.0384. The third-order valence-electron chi connectivity index (χ3n) is 8.43. The lowest BCUT2D eigenvalue weighted by Gasteiger charge is -2.55.